The van der Waals surface area contributed by atoms with E-state index in [2.05, 4.69) is 20.5 Å². The van der Waals surface area contributed by atoms with Crippen LogP contribution in [0.1, 0.15) is 58.0 Å². The summed E-state index contributed by atoms with van der Waals surface area (Å²) in [6.07, 6.45) is 4.24. The molecule has 6 rings (SSSR count). The van der Waals surface area contributed by atoms with E-state index in [9.17, 15) is 24.3 Å². The van der Waals surface area contributed by atoms with Crippen LogP contribution in [0, 0.1) is 0 Å². The van der Waals surface area contributed by atoms with Gasteiger partial charge in [0, 0.05) is 56.3 Å². The molecule has 2 unspecified atom stereocenters. The van der Waals surface area contributed by atoms with E-state index < -0.39 is 24.0 Å². The minimum Gasteiger partial charge on any atom is -0.481 e. The predicted molar refractivity (Wildman–Crippen MR) is 166 cm³/mol. The summed E-state index contributed by atoms with van der Waals surface area (Å²) in [6.45, 7) is 2.72. The number of fused-ring (bicyclic) bond motifs is 1. The molecule has 2 aromatic carbocycles. The summed E-state index contributed by atoms with van der Waals surface area (Å²) < 4.78 is 16.4. The van der Waals surface area contributed by atoms with Gasteiger partial charge in [0.25, 0.3) is 17.7 Å². The molecule has 1 aromatic heterocycles. The van der Waals surface area contributed by atoms with Gasteiger partial charge in [0.15, 0.2) is 11.5 Å². The van der Waals surface area contributed by atoms with Crippen LogP contribution in [-0.4, -0.2) is 84.4 Å². The highest BCUT2D eigenvalue weighted by Gasteiger charge is 2.28. The second kappa shape index (κ2) is 13.9. The number of carboxylic acids is 1. The first-order valence-electron chi connectivity index (χ1n) is 15.3. The van der Waals surface area contributed by atoms with Gasteiger partial charge in [-0.3, -0.25) is 24.2 Å². The molecule has 13 nitrogen and oxygen atoms in total. The Bertz CT molecular complexity index is 1610. The van der Waals surface area contributed by atoms with Crippen LogP contribution in [-0.2, 0) is 14.3 Å². The molecule has 3 aromatic rings. The SMILES string of the molecule is O=C(O)CC(NC(=O)c1ccc(N2CCCN(C(=O)c3ccc4c(c3)OCO4)CC2)c(NC(=O)C2CCCO2)c1)c1cccnc1. The van der Waals surface area contributed by atoms with Crippen molar-refractivity contribution in [2.75, 3.05) is 49.8 Å². The van der Waals surface area contributed by atoms with Crippen molar-refractivity contribution in [2.24, 2.45) is 0 Å². The lowest BCUT2D eigenvalue weighted by molar-refractivity contribution is -0.137. The Morgan fingerprint density at radius 2 is 1.80 bits per heavy atom. The van der Waals surface area contributed by atoms with Gasteiger partial charge in [-0.05, 0) is 67.3 Å². The molecule has 3 amide bonds. The zero-order valence-electron chi connectivity index (χ0n) is 25.1. The van der Waals surface area contributed by atoms with E-state index >= 15 is 0 Å². The molecule has 2 saturated heterocycles. The summed E-state index contributed by atoms with van der Waals surface area (Å²) in [5.74, 6) is -0.809. The van der Waals surface area contributed by atoms with E-state index in [0.717, 1.165) is 6.42 Å². The lowest BCUT2D eigenvalue weighted by Gasteiger charge is -2.27. The van der Waals surface area contributed by atoms with Gasteiger partial charge in [0.05, 0.1) is 23.8 Å². The van der Waals surface area contributed by atoms with Gasteiger partial charge >= 0.3 is 5.97 Å². The third-order valence-corrected chi connectivity index (χ3v) is 8.25. The molecular weight excluding hydrogens is 594 g/mol. The van der Waals surface area contributed by atoms with Crippen LogP contribution >= 0.6 is 0 Å². The number of hydrogen-bond acceptors (Lipinski definition) is 9. The van der Waals surface area contributed by atoms with Crippen molar-refractivity contribution in [2.45, 2.75) is 37.8 Å². The molecule has 0 saturated carbocycles. The molecular formula is C33H35N5O8. The average molecular weight is 630 g/mol. The van der Waals surface area contributed by atoms with E-state index in [-0.39, 0.29) is 30.6 Å². The van der Waals surface area contributed by atoms with E-state index in [1.54, 1.807) is 59.6 Å². The molecule has 240 valence electrons. The maximum Gasteiger partial charge on any atom is 0.305 e. The van der Waals surface area contributed by atoms with Crippen LogP contribution in [0.4, 0.5) is 11.4 Å². The summed E-state index contributed by atoms with van der Waals surface area (Å²) in [4.78, 5) is 59.5. The number of ether oxygens (including phenoxy) is 3. The van der Waals surface area contributed by atoms with Crippen molar-refractivity contribution in [3.8, 4) is 11.5 Å². The molecule has 0 radical (unpaired) electrons. The second-order valence-electron chi connectivity index (χ2n) is 11.3. The van der Waals surface area contributed by atoms with Crippen LogP contribution in [0.25, 0.3) is 0 Å². The Morgan fingerprint density at radius 1 is 0.957 bits per heavy atom. The first-order chi connectivity index (χ1) is 22.4. The summed E-state index contributed by atoms with van der Waals surface area (Å²) in [5, 5.41) is 15.2. The number of pyridine rings is 1. The minimum absolute atomic E-state index is 0.108. The third kappa shape index (κ3) is 7.04. The van der Waals surface area contributed by atoms with Crippen LogP contribution in [0.15, 0.2) is 60.9 Å². The number of anilines is 2. The van der Waals surface area contributed by atoms with Crippen molar-refractivity contribution >= 4 is 35.1 Å². The van der Waals surface area contributed by atoms with Crippen LogP contribution in [0.5, 0.6) is 11.5 Å². The van der Waals surface area contributed by atoms with Gasteiger partial charge in [-0.25, -0.2) is 0 Å². The highest BCUT2D eigenvalue weighted by atomic mass is 16.7. The summed E-state index contributed by atoms with van der Waals surface area (Å²) >= 11 is 0. The standard InChI is InChI=1S/C33H35N5O8/c39-30(40)18-24(23-4-1-10-34-19-23)35-31(41)21-6-8-26(25(16-21)36-32(42)28-5-2-15-44-28)37-11-3-12-38(14-13-37)33(43)22-7-9-27-29(17-22)46-20-45-27/h1,4,6-10,16-17,19,24,28H,2-3,5,11-15,18,20H2,(H,35,41)(H,36,42)(H,39,40). The average Bonchev–Trinajstić information content (AvgIpc) is 3.72. The van der Waals surface area contributed by atoms with Crippen LogP contribution < -0.4 is 25.0 Å². The second-order valence-corrected chi connectivity index (χ2v) is 11.3. The Labute approximate surface area is 265 Å². The maximum absolute atomic E-state index is 13.4. The highest BCUT2D eigenvalue weighted by molar-refractivity contribution is 6.01. The molecule has 3 N–H and O–H groups in total. The number of carbonyl (C=O) groups excluding carboxylic acids is 3. The van der Waals surface area contributed by atoms with Gasteiger partial charge in [-0.15, -0.1) is 0 Å². The van der Waals surface area contributed by atoms with E-state index in [0.29, 0.717) is 79.6 Å². The fraction of sp³-hybridized carbons (Fsp3) is 0.364. The van der Waals surface area contributed by atoms with Crippen molar-refractivity contribution in [3.05, 3.63) is 77.6 Å². The van der Waals surface area contributed by atoms with Crippen molar-refractivity contribution < 1.29 is 38.5 Å². The Balaban J connectivity index is 1.21. The number of carboxylic acid groups (broad SMARTS) is 1. The van der Waals surface area contributed by atoms with Gasteiger partial charge < -0.3 is 39.8 Å². The number of nitrogens with one attached hydrogen (secondary N) is 2. The van der Waals surface area contributed by atoms with Gasteiger partial charge in [0.2, 0.25) is 6.79 Å². The summed E-state index contributed by atoms with van der Waals surface area (Å²) in [7, 11) is 0. The number of benzene rings is 2. The third-order valence-electron chi connectivity index (χ3n) is 8.25. The largest absolute Gasteiger partial charge is 0.481 e. The number of aliphatic carboxylic acids is 1. The molecule has 0 aliphatic carbocycles. The molecule has 2 atom stereocenters. The molecule has 0 bridgehead atoms. The number of amides is 3. The highest BCUT2D eigenvalue weighted by Crippen LogP contribution is 2.34. The van der Waals surface area contributed by atoms with E-state index in [4.69, 9.17) is 14.2 Å². The zero-order valence-corrected chi connectivity index (χ0v) is 25.1. The van der Waals surface area contributed by atoms with Crippen molar-refractivity contribution in [1.29, 1.82) is 0 Å². The molecule has 4 heterocycles. The van der Waals surface area contributed by atoms with Crippen molar-refractivity contribution in [3.63, 3.8) is 0 Å². The number of rotatable bonds is 9. The van der Waals surface area contributed by atoms with Crippen LogP contribution in [0.3, 0.4) is 0 Å². The number of nitrogens with zero attached hydrogens (tertiary/aromatic N) is 3. The smallest absolute Gasteiger partial charge is 0.305 e. The number of carbonyl (C=O) groups is 4. The fourth-order valence-electron chi connectivity index (χ4n) is 5.87. The normalized spacial score (nSPS) is 18.0. The molecule has 3 aliphatic rings. The maximum atomic E-state index is 13.4. The zero-order chi connectivity index (χ0) is 32.0. The lowest BCUT2D eigenvalue weighted by atomic mass is 10.0. The van der Waals surface area contributed by atoms with E-state index in [1.807, 2.05) is 0 Å². The molecule has 2 fully saturated rings. The fourth-order valence-corrected chi connectivity index (χ4v) is 5.87. The number of aromatic nitrogens is 1. The quantitative estimate of drug-likeness (QED) is 0.321. The molecule has 46 heavy (non-hydrogen) atoms. The van der Waals surface area contributed by atoms with Gasteiger partial charge in [-0.1, -0.05) is 6.07 Å². The van der Waals surface area contributed by atoms with Gasteiger partial charge in [-0.2, -0.15) is 0 Å². The van der Waals surface area contributed by atoms with Crippen molar-refractivity contribution in [1.82, 2.24) is 15.2 Å². The Kier molecular flexibility index (Phi) is 9.29. The summed E-state index contributed by atoms with van der Waals surface area (Å²) in [5.41, 5.74) is 2.46. The first-order valence-corrected chi connectivity index (χ1v) is 15.3. The Hall–Kier alpha value is -5.17. The molecule has 3 aliphatic heterocycles. The molecule has 13 heteroatoms. The molecule has 0 spiro atoms. The van der Waals surface area contributed by atoms with Gasteiger partial charge in [0.1, 0.15) is 6.10 Å². The minimum atomic E-state index is -1.07. The first kappa shape index (κ1) is 30.8. The van der Waals surface area contributed by atoms with E-state index in [1.165, 1.54) is 6.20 Å². The summed E-state index contributed by atoms with van der Waals surface area (Å²) in [6, 6.07) is 12.8. The predicted octanol–water partition coefficient (Wildman–Crippen LogP) is 3.23. The Morgan fingerprint density at radius 3 is 2.59 bits per heavy atom. The topological polar surface area (TPSA) is 160 Å². The monoisotopic (exact) mass is 629 g/mol. The number of hydrogen-bond donors (Lipinski definition) is 3. The lowest BCUT2D eigenvalue weighted by Crippen LogP contribution is -2.35. The van der Waals surface area contributed by atoms with Crippen LogP contribution in [0.2, 0.25) is 0 Å².